The number of hydrogen-bond donors (Lipinski definition) is 0. The van der Waals surface area contributed by atoms with Crippen molar-refractivity contribution in [1.82, 2.24) is 0 Å². The second-order valence-corrected chi connectivity index (χ2v) is 5.26. The Morgan fingerprint density at radius 3 is 2.73 bits per heavy atom. The van der Waals surface area contributed by atoms with Crippen molar-refractivity contribution >= 4 is 21.7 Å². The van der Waals surface area contributed by atoms with Crippen molar-refractivity contribution in [2.75, 3.05) is 0 Å². The average Bonchev–Trinajstić information content (AvgIpc) is 2.11. The van der Waals surface area contributed by atoms with Gasteiger partial charge in [0, 0.05) is 16.5 Å². The lowest BCUT2D eigenvalue weighted by Crippen LogP contribution is -2.16. The van der Waals surface area contributed by atoms with Gasteiger partial charge in [-0.25, -0.2) is 0 Å². The van der Waals surface area contributed by atoms with E-state index in [0.29, 0.717) is 5.92 Å². The van der Waals surface area contributed by atoms with E-state index < -0.39 is 0 Å². The van der Waals surface area contributed by atoms with Gasteiger partial charge in [-0.1, -0.05) is 47.3 Å². The summed E-state index contributed by atoms with van der Waals surface area (Å²) >= 11 is 3.46. The first-order chi connectivity index (χ1) is 7.16. The Bertz CT molecular complexity index is 380. The first-order valence-electron chi connectivity index (χ1n) is 5.46. The van der Waals surface area contributed by atoms with E-state index in [2.05, 4.69) is 15.9 Å². The standard InChI is InChI=1S/C13H15BrO/c1-9-5-6-11(12(14)7-9)13(15)8-10-3-2-4-10/h5-7,10H,2-4,8H2,1H3. The number of rotatable bonds is 3. The van der Waals surface area contributed by atoms with Crippen molar-refractivity contribution in [2.45, 2.75) is 32.6 Å². The van der Waals surface area contributed by atoms with Crippen LogP contribution in [0.4, 0.5) is 0 Å². The molecule has 0 spiro atoms. The maximum Gasteiger partial charge on any atom is 0.164 e. The Morgan fingerprint density at radius 2 is 2.20 bits per heavy atom. The molecule has 1 fully saturated rings. The van der Waals surface area contributed by atoms with Gasteiger partial charge in [-0.05, 0) is 24.5 Å². The molecule has 0 aromatic heterocycles. The minimum atomic E-state index is 0.284. The van der Waals surface area contributed by atoms with Gasteiger partial charge in [0.2, 0.25) is 0 Å². The Labute approximate surface area is 99.0 Å². The molecule has 0 heterocycles. The molecule has 1 nitrogen and oxygen atoms in total. The molecule has 0 saturated heterocycles. The second-order valence-electron chi connectivity index (χ2n) is 4.41. The molecule has 0 radical (unpaired) electrons. The molecule has 1 aromatic rings. The molecule has 1 aromatic carbocycles. The normalized spacial score (nSPS) is 16.1. The van der Waals surface area contributed by atoms with Crippen molar-refractivity contribution in [3.63, 3.8) is 0 Å². The van der Waals surface area contributed by atoms with E-state index in [-0.39, 0.29) is 5.78 Å². The van der Waals surface area contributed by atoms with Gasteiger partial charge in [-0.2, -0.15) is 0 Å². The summed E-state index contributed by atoms with van der Waals surface area (Å²) in [7, 11) is 0. The molecule has 0 N–H and O–H groups in total. The van der Waals surface area contributed by atoms with Crippen molar-refractivity contribution in [3.8, 4) is 0 Å². The van der Waals surface area contributed by atoms with Crippen LogP contribution < -0.4 is 0 Å². The third-order valence-corrected chi connectivity index (χ3v) is 3.78. The fourth-order valence-corrected chi connectivity index (χ4v) is 2.63. The summed E-state index contributed by atoms with van der Waals surface area (Å²) in [6, 6.07) is 5.94. The molecular formula is C13H15BrO. The molecule has 1 saturated carbocycles. The van der Waals surface area contributed by atoms with Crippen LogP contribution in [0.5, 0.6) is 0 Å². The summed E-state index contributed by atoms with van der Waals surface area (Å²) in [6.45, 7) is 2.03. The fraction of sp³-hybridized carbons (Fsp3) is 0.462. The van der Waals surface area contributed by atoms with Crippen molar-refractivity contribution in [1.29, 1.82) is 0 Å². The second kappa shape index (κ2) is 4.48. The van der Waals surface area contributed by atoms with E-state index in [9.17, 15) is 4.79 Å². The van der Waals surface area contributed by atoms with Crippen LogP contribution in [0.15, 0.2) is 22.7 Å². The zero-order chi connectivity index (χ0) is 10.8. The number of carbonyl (C=O) groups is 1. The maximum atomic E-state index is 12.0. The van der Waals surface area contributed by atoms with E-state index >= 15 is 0 Å². The van der Waals surface area contributed by atoms with Gasteiger partial charge in [0.05, 0.1) is 0 Å². The number of benzene rings is 1. The molecule has 1 aliphatic rings. The minimum absolute atomic E-state index is 0.284. The Balaban J connectivity index is 2.10. The predicted molar refractivity (Wildman–Crippen MR) is 65.2 cm³/mol. The number of halogens is 1. The lowest BCUT2D eigenvalue weighted by atomic mass is 9.81. The highest BCUT2D eigenvalue weighted by Crippen LogP contribution is 2.31. The van der Waals surface area contributed by atoms with Gasteiger partial charge >= 0.3 is 0 Å². The number of hydrogen-bond acceptors (Lipinski definition) is 1. The minimum Gasteiger partial charge on any atom is -0.294 e. The molecule has 0 atom stereocenters. The van der Waals surface area contributed by atoms with Crippen molar-refractivity contribution in [3.05, 3.63) is 33.8 Å². The molecule has 0 bridgehead atoms. The monoisotopic (exact) mass is 266 g/mol. The Hall–Kier alpha value is -0.630. The average molecular weight is 267 g/mol. The zero-order valence-corrected chi connectivity index (χ0v) is 10.5. The summed E-state index contributed by atoms with van der Waals surface area (Å²) < 4.78 is 0.937. The van der Waals surface area contributed by atoms with Crippen LogP contribution in [0.3, 0.4) is 0 Å². The van der Waals surface area contributed by atoms with Crippen LogP contribution in [-0.4, -0.2) is 5.78 Å². The van der Waals surface area contributed by atoms with Crippen molar-refractivity contribution in [2.24, 2.45) is 5.92 Å². The van der Waals surface area contributed by atoms with Gasteiger partial charge in [0.1, 0.15) is 0 Å². The summed E-state index contributed by atoms with van der Waals surface area (Å²) in [5.74, 6) is 0.928. The van der Waals surface area contributed by atoms with Crippen LogP contribution in [0.25, 0.3) is 0 Å². The number of ketones is 1. The number of aryl methyl sites for hydroxylation is 1. The molecule has 0 amide bonds. The van der Waals surface area contributed by atoms with Crippen LogP contribution >= 0.6 is 15.9 Å². The van der Waals surface area contributed by atoms with Gasteiger partial charge in [-0.15, -0.1) is 0 Å². The van der Waals surface area contributed by atoms with E-state index in [4.69, 9.17) is 0 Å². The topological polar surface area (TPSA) is 17.1 Å². The molecule has 80 valence electrons. The van der Waals surface area contributed by atoms with Crippen LogP contribution in [0.1, 0.15) is 41.6 Å². The molecular weight excluding hydrogens is 252 g/mol. The number of Topliss-reactive ketones (excluding diaryl/α,β-unsaturated/α-hetero) is 1. The summed E-state index contributed by atoms with van der Waals surface area (Å²) in [5.41, 5.74) is 2.02. The first kappa shape index (κ1) is 10.9. The van der Waals surface area contributed by atoms with E-state index in [1.807, 2.05) is 25.1 Å². The molecule has 0 unspecified atom stereocenters. The van der Waals surface area contributed by atoms with E-state index in [1.54, 1.807) is 0 Å². The smallest absolute Gasteiger partial charge is 0.164 e. The first-order valence-corrected chi connectivity index (χ1v) is 6.25. The van der Waals surface area contributed by atoms with E-state index in [0.717, 1.165) is 16.5 Å². The lowest BCUT2D eigenvalue weighted by molar-refractivity contribution is 0.0936. The lowest BCUT2D eigenvalue weighted by Gasteiger charge is -2.24. The van der Waals surface area contributed by atoms with Crippen LogP contribution in [0, 0.1) is 12.8 Å². The predicted octanol–water partition coefficient (Wildman–Crippen LogP) is 4.13. The molecule has 2 rings (SSSR count). The summed E-state index contributed by atoms with van der Waals surface area (Å²) in [5, 5.41) is 0. The van der Waals surface area contributed by atoms with E-state index in [1.165, 1.54) is 24.8 Å². The molecule has 2 heteroatoms. The number of carbonyl (C=O) groups excluding carboxylic acids is 1. The van der Waals surface area contributed by atoms with Crippen LogP contribution in [0.2, 0.25) is 0 Å². The SMILES string of the molecule is Cc1ccc(C(=O)CC2CCC2)c(Br)c1. The molecule has 0 aliphatic heterocycles. The third kappa shape index (κ3) is 2.49. The van der Waals surface area contributed by atoms with Gasteiger partial charge in [0.25, 0.3) is 0 Å². The third-order valence-electron chi connectivity index (χ3n) is 3.12. The van der Waals surface area contributed by atoms with Crippen molar-refractivity contribution < 1.29 is 4.79 Å². The fourth-order valence-electron chi connectivity index (χ4n) is 1.92. The van der Waals surface area contributed by atoms with Gasteiger partial charge < -0.3 is 0 Å². The zero-order valence-electron chi connectivity index (χ0n) is 8.92. The van der Waals surface area contributed by atoms with Gasteiger partial charge in [0.15, 0.2) is 5.78 Å². The summed E-state index contributed by atoms with van der Waals surface area (Å²) in [6.07, 6.45) is 4.49. The van der Waals surface area contributed by atoms with Gasteiger partial charge in [-0.3, -0.25) is 4.79 Å². The van der Waals surface area contributed by atoms with Crippen LogP contribution in [-0.2, 0) is 0 Å². The Kier molecular flexibility index (Phi) is 3.25. The highest BCUT2D eigenvalue weighted by atomic mass is 79.9. The highest BCUT2D eigenvalue weighted by Gasteiger charge is 2.22. The Morgan fingerprint density at radius 1 is 1.47 bits per heavy atom. The summed E-state index contributed by atoms with van der Waals surface area (Å²) in [4.78, 5) is 12.0. The quantitative estimate of drug-likeness (QED) is 0.752. The highest BCUT2D eigenvalue weighted by molar-refractivity contribution is 9.10. The molecule has 1 aliphatic carbocycles. The maximum absolute atomic E-state index is 12.0. The largest absolute Gasteiger partial charge is 0.294 e. The molecule has 15 heavy (non-hydrogen) atoms.